The molecule has 5 nitrogen and oxygen atoms in total. The Morgan fingerprint density at radius 2 is 1.84 bits per heavy atom. The summed E-state index contributed by atoms with van der Waals surface area (Å²) in [6, 6.07) is 18.6. The van der Waals surface area contributed by atoms with Crippen molar-refractivity contribution in [2.75, 3.05) is 26.7 Å². The lowest BCUT2D eigenvalue weighted by atomic mass is 10.0. The SMILES string of the molecule is CN1CCN(C(=O)Cn2cc3ccccc3n2)C[C@@H]1c1ccccc1. The second-order valence-electron chi connectivity index (χ2n) is 6.63. The second-order valence-corrected chi connectivity index (χ2v) is 6.63. The van der Waals surface area contributed by atoms with E-state index in [2.05, 4.69) is 41.3 Å². The van der Waals surface area contributed by atoms with E-state index in [1.807, 2.05) is 41.4 Å². The van der Waals surface area contributed by atoms with E-state index in [9.17, 15) is 4.79 Å². The summed E-state index contributed by atoms with van der Waals surface area (Å²) >= 11 is 0. The number of carbonyl (C=O) groups excluding carboxylic acids is 1. The van der Waals surface area contributed by atoms with Crippen LogP contribution in [0, 0.1) is 0 Å². The normalized spacial score (nSPS) is 18.6. The molecule has 0 spiro atoms. The van der Waals surface area contributed by atoms with Gasteiger partial charge in [0.1, 0.15) is 6.54 Å². The maximum absolute atomic E-state index is 12.8. The molecule has 3 aromatic rings. The minimum absolute atomic E-state index is 0.127. The summed E-state index contributed by atoms with van der Waals surface area (Å²) in [5, 5.41) is 5.56. The van der Waals surface area contributed by atoms with Crippen molar-refractivity contribution in [1.29, 1.82) is 0 Å². The Bertz CT molecular complexity index is 841. The van der Waals surface area contributed by atoms with Crippen molar-refractivity contribution in [1.82, 2.24) is 19.6 Å². The Balaban J connectivity index is 1.48. The highest BCUT2D eigenvalue weighted by Crippen LogP contribution is 2.24. The zero-order valence-electron chi connectivity index (χ0n) is 14.4. The Morgan fingerprint density at radius 1 is 1.08 bits per heavy atom. The first-order valence-corrected chi connectivity index (χ1v) is 8.66. The average molecular weight is 334 g/mol. The van der Waals surface area contributed by atoms with Gasteiger partial charge in [-0.2, -0.15) is 5.10 Å². The highest BCUT2D eigenvalue weighted by atomic mass is 16.2. The van der Waals surface area contributed by atoms with Crippen LogP contribution in [0.5, 0.6) is 0 Å². The lowest BCUT2D eigenvalue weighted by Crippen LogP contribution is -2.49. The maximum atomic E-state index is 12.8. The minimum Gasteiger partial charge on any atom is -0.338 e. The largest absolute Gasteiger partial charge is 0.338 e. The molecule has 1 fully saturated rings. The number of carbonyl (C=O) groups is 1. The van der Waals surface area contributed by atoms with Gasteiger partial charge in [0.05, 0.1) is 11.6 Å². The van der Waals surface area contributed by atoms with E-state index in [0.717, 1.165) is 30.5 Å². The molecule has 2 aromatic carbocycles. The fraction of sp³-hybridized carbons (Fsp3) is 0.300. The summed E-state index contributed by atoms with van der Waals surface area (Å²) in [7, 11) is 2.12. The van der Waals surface area contributed by atoms with Crippen molar-refractivity contribution in [2.45, 2.75) is 12.6 Å². The number of rotatable bonds is 3. The zero-order chi connectivity index (χ0) is 17.2. The van der Waals surface area contributed by atoms with E-state index in [1.54, 1.807) is 4.68 Å². The van der Waals surface area contributed by atoms with E-state index in [-0.39, 0.29) is 11.9 Å². The van der Waals surface area contributed by atoms with Gasteiger partial charge in [-0.05, 0) is 18.7 Å². The molecule has 1 aliphatic heterocycles. The molecular weight excluding hydrogens is 312 g/mol. The van der Waals surface area contributed by atoms with Crippen LogP contribution >= 0.6 is 0 Å². The number of benzene rings is 2. The van der Waals surface area contributed by atoms with E-state index in [4.69, 9.17) is 0 Å². The molecule has 1 atom stereocenters. The summed E-state index contributed by atoms with van der Waals surface area (Å²) in [6.07, 6.45) is 1.94. The fourth-order valence-electron chi connectivity index (χ4n) is 3.47. The number of amides is 1. The van der Waals surface area contributed by atoms with E-state index >= 15 is 0 Å². The van der Waals surface area contributed by atoms with Crippen molar-refractivity contribution in [3.05, 3.63) is 66.4 Å². The van der Waals surface area contributed by atoms with Crippen molar-refractivity contribution < 1.29 is 4.79 Å². The molecule has 0 bridgehead atoms. The van der Waals surface area contributed by atoms with Gasteiger partial charge in [-0.3, -0.25) is 14.4 Å². The smallest absolute Gasteiger partial charge is 0.244 e. The summed E-state index contributed by atoms with van der Waals surface area (Å²) in [6.45, 7) is 2.66. The van der Waals surface area contributed by atoms with Crippen molar-refractivity contribution in [3.8, 4) is 0 Å². The molecule has 128 valence electrons. The highest BCUT2D eigenvalue weighted by molar-refractivity contribution is 5.80. The van der Waals surface area contributed by atoms with Gasteiger partial charge in [0, 0.05) is 31.2 Å². The van der Waals surface area contributed by atoms with Crippen molar-refractivity contribution in [3.63, 3.8) is 0 Å². The van der Waals surface area contributed by atoms with Gasteiger partial charge in [-0.25, -0.2) is 0 Å². The number of fused-ring (bicyclic) bond motifs is 1. The molecule has 0 unspecified atom stereocenters. The number of hydrogen-bond donors (Lipinski definition) is 0. The van der Waals surface area contributed by atoms with Gasteiger partial charge in [0.2, 0.25) is 5.91 Å². The number of likely N-dealkylation sites (N-methyl/N-ethyl adjacent to an activating group) is 1. The Hall–Kier alpha value is -2.66. The van der Waals surface area contributed by atoms with Gasteiger partial charge in [-0.1, -0.05) is 48.5 Å². The number of nitrogens with zero attached hydrogens (tertiary/aromatic N) is 4. The monoisotopic (exact) mass is 334 g/mol. The number of hydrogen-bond acceptors (Lipinski definition) is 3. The zero-order valence-corrected chi connectivity index (χ0v) is 14.4. The first-order chi connectivity index (χ1) is 12.2. The third-order valence-electron chi connectivity index (χ3n) is 4.94. The standard InChI is InChI=1S/C20H22N4O/c1-22-11-12-23(14-19(22)16-7-3-2-4-8-16)20(25)15-24-13-17-9-5-6-10-18(17)21-24/h2-10,13,19H,11-12,14-15H2,1H3/t19-/m1/s1. The minimum atomic E-state index is 0.127. The molecule has 1 aliphatic rings. The van der Waals surface area contributed by atoms with Crippen LogP contribution in [0.25, 0.3) is 10.9 Å². The predicted molar refractivity (Wildman–Crippen MR) is 98.1 cm³/mol. The Labute approximate surface area is 147 Å². The van der Waals surface area contributed by atoms with Crippen LogP contribution in [0.1, 0.15) is 11.6 Å². The molecule has 0 aliphatic carbocycles. The van der Waals surface area contributed by atoms with Crippen LogP contribution in [-0.4, -0.2) is 52.2 Å². The van der Waals surface area contributed by atoms with Gasteiger partial charge in [0.25, 0.3) is 0 Å². The van der Waals surface area contributed by atoms with Gasteiger partial charge in [0.15, 0.2) is 0 Å². The summed E-state index contributed by atoms with van der Waals surface area (Å²) in [5.74, 6) is 0.127. The van der Waals surface area contributed by atoms with Gasteiger partial charge >= 0.3 is 0 Å². The van der Waals surface area contributed by atoms with Crippen LogP contribution in [0.4, 0.5) is 0 Å². The first-order valence-electron chi connectivity index (χ1n) is 8.66. The van der Waals surface area contributed by atoms with Crippen LogP contribution < -0.4 is 0 Å². The van der Waals surface area contributed by atoms with Crippen LogP contribution in [-0.2, 0) is 11.3 Å². The van der Waals surface area contributed by atoms with E-state index in [1.165, 1.54) is 5.56 Å². The van der Waals surface area contributed by atoms with Gasteiger partial charge in [-0.15, -0.1) is 0 Å². The average Bonchev–Trinajstić information content (AvgIpc) is 3.05. The van der Waals surface area contributed by atoms with Crippen LogP contribution in [0.3, 0.4) is 0 Å². The highest BCUT2D eigenvalue weighted by Gasteiger charge is 2.28. The molecule has 4 rings (SSSR count). The molecule has 1 aromatic heterocycles. The van der Waals surface area contributed by atoms with Crippen LogP contribution in [0.15, 0.2) is 60.8 Å². The third kappa shape index (κ3) is 3.28. The van der Waals surface area contributed by atoms with Gasteiger partial charge < -0.3 is 4.90 Å². The predicted octanol–water partition coefficient (Wildman–Crippen LogP) is 2.55. The second kappa shape index (κ2) is 6.69. The number of aromatic nitrogens is 2. The topological polar surface area (TPSA) is 41.4 Å². The molecule has 5 heteroatoms. The van der Waals surface area contributed by atoms with Crippen molar-refractivity contribution >= 4 is 16.8 Å². The lowest BCUT2D eigenvalue weighted by Gasteiger charge is -2.39. The molecule has 25 heavy (non-hydrogen) atoms. The van der Waals surface area contributed by atoms with Crippen molar-refractivity contribution in [2.24, 2.45) is 0 Å². The Morgan fingerprint density at radius 3 is 2.64 bits per heavy atom. The summed E-state index contributed by atoms with van der Waals surface area (Å²) in [4.78, 5) is 17.1. The molecule has 0 saturated carbocycles. The molecule has 0 N–H and O–H groups in total. The lowest BCUT2D eigenvalue weighted by molar-refractivity contribution is -0.134. The van der Waals surface area contributed by atoms with E-state index in [0.29, 0.717) is 6.54 Å². The third-order valence-corrected chi connectivity index (χ3v) is 4.94. The van der Waals surface area contributed by atoms with E-state index < -0.39 is 0 Å². The molecular formula is C20H22N4O. The number of piperazine rings is 1. The molecule has 1 amide bonds. The first kappa shape index (κ1) is 15.8. The quantitative estimate of drug-likeness (QED) is 0.739. The van der Waals surface area contributed by atoms with Crippen LogP contribution in [0.2, 0.25) is 0 Å². The fourth-order valence-corrected chi connectivity index (χ4v) is 3.47. The molecule has 1 saturated heterocycles. The summed E-state index contributed by atoms with van der Waals surface area (Å²) < 4.78 is 1.75. The maximum Gasteiger partial charge on any atom is 0.244 e. The Kier molecular flexibility index (Phi) is 4.24. The molecule has 0 radical (unpaired) electrons. The molecule has 2 heterocycles. The summed E-state index contributed by atoms with van der Waals surface area (Å²) in [5.41, 5.74) is 2.18.